The molecule has 2 aromatic rings. The molecule has 0 radical (unpaired) electrons. The summed E-state index contributed by atoms with van der Waals surface area (Å²) in [7, 11) is 0. The van der Waals surface area contributed by atoms with Gasteiger partial charge in [0.1, 0.15) is 0 Å². The van der Waals surface area contributed by atoms with Crippen molar-refractivity contribution in [1.82, 2.24) is 4.68 Å². The van der Waals surface area contributed by atoms with Crippen LogP contribution >= 0.6 is 0 Å². The van der Waals surface area contributed by atoms with Gasteiger partial charge in [0.25, 0.3) is 0 Å². The molecule has 0 fully saturated rings. The molecule has 1 unspecified atom stereocenters. The SMILES string of the molecule is Cc1ccc(C(C)Nn2c(C)ccc2C)cc1. The molecule has 0 aliphatic carbocycles. The standard InChI is InChI=1S/C15H20N2/c1-11-5-9-15(10-6-11)14(4)16-17-12(2)7-8-13(17)3/h5-10,14,16H,1-4H3. The number of aromatic nitrogens is 1. The molecule has 0 aliphatic heterocycles. The Kier molecular flexibility index (Phi) is 3.23. The van der Waals surface area contributed by atoms with Crippen molar-refractivity contribution in [3.05, 3.63) is 58.9 Å². The molecule has 0 saturated carbocycles. The fraction of sp³-hybridized carbons (Fsp3) is 0.333. The second-order valence-corrected chi connectivity index (χ2v) is 4.71. The maximum Gasteiger partial charge on any atom is 0.0645 e. The van der Waals surface area contributed by atoms with E-state index in [9.17, 15) is 0 Å². The summed E-state index contributed by atoms with van der Waals surface area (Å²) in [4.78, 5) is 0. The lowest BCUT2D eigenvalue weighted by Gasteiger charge is -2.20. The summed E-state index contributed by atoms with van der Waals surface area (Å²) < 4.78 is 2.14. The number of nitrogens with one attached hydrogen (secondary N) is 1. The Balaban J connectivity index is 2.17. The molecule has 0 saturated heterocycles. The molecule has 0 amide bonds. The van der Waals surface area contributed by atoms with E-state index in [1.165, 1.54) is 22.5 Å². The fourth-order valence-corrected chi connectivity index (χ4v) is 2.00. The molecule has 2 rings (SSSR count). The van der Waals surface area contributed by atoms with E-state index in [0.29, 0.717) is 6.04 Å². The van der Waals surface area contributed by atoms with Gasteiger partial charge in [-0.1, -0.05) is 29.8 Å². The maximum absolute atomic E-state index is 3.51. The van der Waals surface area contributed by atoms with E-state index >= 15 is 0 Å². The van der Waals surface area contributed by atoms with Gasteiger partial charge in [0, 0.05) is 11.4 Å². The van der Waals surface area contributed by atoms with Gasteiger partial charge in [-0.3, -0.25) is 4.68 Å². The summed E-state index contributed by atoms with van der Waals surface area (Å²) in [6.07, 6.45) is 0. The highest BCUT2D eigenvalue weighted by Gasteiger charge is 2.07. The van der Waals surface area contributed by atoms with Gasteiger partial charge in [-0.2, -0.15) is 0 Å². The van der Waals surface area contributed by atoms with Crippen LogP contribution in [0.15, 0.2) is 36.4 Å². The first kappa shape index (κ1) is 11.8. The van der Waals surface area contributed by atoms with Crippen LogP contribution in [-0.2, 0) is 0 Å². The normalized spacial score (nSPS) is 12.5. The van der Waals surface area contributed by atoms with Crippen LogP contribution < -0.4 is 5.43 Å². The number of nitrogens with zero attached hydrogens (tertiary/aromatic N) is 1. The minimum absolute atomic E-state index is 0.306. The Morgan fingerprint density at radius 1 is 0.882 bits per heavy atom. The van der Waals surface area contributed by atoms with Crippen molar-refractivity contribution in [3.8, 4) is 0 Å². The molecular weight excluding hydrogens is 208 g/mol. The Morgan fingerprint density at radius 2 is 1.41 bits per heavy atom. The Hall–Kier alpha value is -1.70. The molecule has 2 nitrogen and oxygen atoms in total. The van der Waals surface area contributed by atoms with Crippen LogP contribution in [0.25, 0.3) is 0 Å². The molecule has 1 atom stereocenters. The van der Waals surface area contributed by atoms with Gasteiger partial charge in [-0.15, -0.1) is 0 Å². The number of benzene rings is 1. The Bertz CT molecular complexity index is 475. The predicted molar refractivity (Wildman–Crippen MR) is 72.9 cm³/mol. The monoisotopic (exact) mass is 228 g/mol. The van der Waals surface area contributed by atoms with Crippen LogP contribution in [0.3, 0.4) is 0 Å². The molecule has 17 heavy (non-hydrogen) atoms. The number of hydrogen-bond donors (Lipinski definition) is 1. The summed E-state index contributed by atoms with van der Waals surface area (Å²) >= 11 is 0. The zero-order valence-corrected chi connectivity index (χ0v) is 11.0. The molecule has 1 N–H and O–H groups in total. The maximum atomic E-state index is 3.51. The van der Waals surface area contributed by atoms with Crippen molar-refractivity contribution in [3.63, 3.8) is 0 Å². The number of aryl methyl sites for hydroxylation is 3. The van der Waals surface area contributed by atoms with E-state index < -0.39 is 0 Å². The molecule has 0 spiro atoms. The van der Waals surface area contributed by atoms with Gasteiger partial charge in [-0.05, 0) is 45.4 Å². The summed E-state index contributed by atoms with van der Waals surface area (Å²) in [5.74, 6) is 0. The summed E-state index contributed by atoms with van der Waals surface area (Å²) in [5.41, 5.74) is 8.59. The third kappa shape index (κ3) is 2.52. The van der Waals surface area contributed by atoms with Crippen molar-refractivity contribution >= 4 is 0 Å². The number of rotatable bonds is 3. The van der Waals surface area contributed by atoms with Gasteiger partial charge < -0.3 is 5.43 Å². The van der Waals surface area contributed by atoms with E-state index in [1.807, 2.05) is 0 Å². The molecule has 90 valence electrons. The van der Waals surface area contributed by atoms with E-state index in [2.05, 4.69) is 74.2 Å². The van der Waals surface area contributed by atoms with Gasteiger partial charge in [-0.25, -0.2) is 0 Å². The van der Waals surface area contributed by atoms with Gasteiger partial charge >= 0.3 is 0 Å². The highest BCUT2D eigenvalue weighted by molar-refractivity contribution is 5.26. The second kappa shape index (κ2) is 4.66. The molecular formula is C15H20N2. The largest absolute Gasteiger partial charge is 0.319 e. The van der Waals surface area contributed by atoms with Gasteiger partial charge in [0.05, 0.1) is 6.04 Å². The van der Waals surface area contributed by atoms with Gasteiger partial charge in [0.2, 0.25) is 0 Å². The fourth-order valence-electron chi connectivity index (χ4n) is 2.00. The lowest BCUT2D eigenvalue weighted by atomic mass is 10.1. The first-order valence-corrected chi connectivity index (χ1v) is 6.06. The quantitative estimate of drug-likeness (QED) is 0.847. The average molecular weight is 228 g/mol. The summed E-state index contributed by atoms with van der Waals surface area (Å²) in [5, 5.41) is 0. The summed E-state index contributed by atoms with van der Waals surface area (Å²) in [6, 6.07) is 13.2. The van der Waals surface area contributed by atoms with Crippen molar-refractivity contribution in [2.24, 2.45) is 0 Å². The average Bonchev–Trinajstić information content (AvgIpc) is 2.61. The summed E-state index contributed by atoms with van der Waals surface area (Å²) in [6.45, 7) is 8.52. The predicted octanol–water partition coefficient (Wildman–Crippen LogP) is 3.72. The van der Waals surface area contributed by atoms with Crippen LogP contribution in [0, 0.1) is 20.8 Å². The van der Waals surface area contributed by atoms with Gasteiger partial charge in [0.15, 0.2) is 0 Å². The lowest BCUT2D eigenvalue weighted by Crippen LogP contribution is -2.20. The van der Waals surface area contributed by atoms with Crippen LogP contribution in [0.1, 0.15) is 35.5 Å². The molecule has 0 bridgehead atoms. The van der Waals surface area contributed by atoms with Crippen molar-refractivity contribution < 1.29 is 0 Å². The highest BCUT2D eigenvalue weighted by Crippen LogP contribution is 2.16. The highest BCUT2D eigenvalue weighted by atomic mass is 15.4. The van der Waals surface area contributed by atoms with Crippen LogP contribution in [0.5, 0.6) is 0 Å². The third-order valence-corrected chi connectivity index (χ3v) is 3.17. The van der Waals surface area contributed by atoms with E-state index in [1.54, 1.807) is 0 Å². The Morgan fingerprint density at radius 3 is 1.94 bits per heavy atom. The van der Waals surface area contributed by atoms with Crippen LogP contribution in [0.2, 0.25) is 0 Å². The van der Waals surface area contributed by atoms with E-state index in [0.717, 1.165) is 0 Å². The zero-order chi connectivity index (χ0) is 12.4. The molecule has 1 aromatic carbocycles. The molecule has 2 heteroatoms. The van der Waals surface area contributed by atoms with Crippen LogP contribution in [0.4, 0.5) is 0 Å². The first-order valence-electron chi connectivity index (χ1n) is 6.06. The second-order valence-electron chi connectivity index (χ2n) is 4.71. The minimum Gasteiger partial charge on any atom is -0.319 e. The molecule has 1 heterocycles. The molecule has 0 aliphatic rings. The van der Waals surface area contributed by atoms with Crippen LogP contribution in [-0.4, -0.2) is 4.68 Å². The smallest absolute Gasteiger partial charge is 0.0645 e. The van der Waals surface area contributed by atoms with Crippen molar-refractivity contribution in [2.75, 3.05) is 5.43 Å². The topological polar surface area (TPSA) is 17.0 Å². The van der Waals surface area contributed by atoms with E-state index in [-0.39, 0.29) is 0 Å². The van der Waals surface area contributed by atoms with Crippen molar-refractivity contribution in [1.29, 1.82) is 0 Å². The number of hydrogen-bond acceptors (Lipinski definition) is 1. The van der Waals surface area contributed by atoms with Crippen molar-refractivity contribution in [2.45, 2.75) is 33.7 Å². The molecule has 1 aromatic heterocycles. The van der Waals surface area contributed by atoms with E-state index in [4.69, 9.17) is 0 Å². The lowest BCUT2D eigenvalue weighted by molar-refractivity contribution is 0.699. The first-order chi connectivity index (χ1) is 8.08. The zero-order valence-electron chi connectivity index (χ0n) is 11.0. The Labute approximate surface area is 103 Å². The minimum atomic E-state index is 0.306. The third-order valence-electron chi connectivity index (χ3n) is 3.17.